The number of aliphatic hydroxyl groups is 2. The fourth-order valence-corrected chi connectivity index (χ4v) is 0.886. The van der Waals surface area contributed by atoms with E-state index in [9.17, 15) is 5.11 Å². The summed E-state index contributed by atoms with van der Waals surface area (Å²) in [4.78, 5) is 0. The third-order valence-electron chi connectivity index (χ3n) is 1.71. The van der Waals surface area contributed by atoms with E-state index in [1.165, 1.54) is 0 Å². The Morgan fingerprint density at radius 3 is 2.50 bits per heavy atom. The summed E-state index contributed by atoms with van der Waals surface area (Å²) in [5.74, 6) is 0.0120. The van der Waals surface area contributed by atoms with Crippen molar-refractivity contribution in [3.8, 4) is 0 Å². The highest BCUT2D eigenvalue weighted by atomic mass is 16.3. The van der Waals surface area contributed by atoms with Crippen molar-refractivity contribution in [2.24, 2.45) is 5.92 Å². The highest BCUT2D eigenvalue weighted by Crippen LogP contribution is 2.10. The van der Waals surface area contributed by atoms with Crippen LogP contribution in [-0.4, -0.2) is 22.9 Å². The molecule has 0 saturated carbocycles. The van der Waals surface area contributed by atoms with Crippen molar-refractivity contribution < 1.29 is 10.2 Å². The lowest BCUT2D eigenvalue weighted by Gasteiger charge is -2.16. The molecule has 2 unspecified atom stereocenters. The van der Waals surface area contributed by atoms with Crippen LogP contribution in [0.2, 0.25) is 0 Å². The van der Waals surface area contributed by atoms with Crippen LogP contribution in [0, 0.1) is 5.92 Å². The van der Waals surface area contributed by atoms with Gasteiger partial charge in [0.2, 0.25) is 0 Å². The molecule has 0 aliphatic rings. The molecule has 0 radical (unpaired) electrons. The van der Waals surface area contributed by atoms with Gasteiger partial charge in [-0.15, -0.1) is 6.58 Å². The van der Waals surface area contributed by atoms with E-state index in [1.807, 2.05) is 6.92 Å². The second-order valence-electron chi connectivity index (χ2n) is 2.44. The molecule has 0 rings (SSSR count). The third-order valence-corrected chi connectivity index (χ3v) is 1.71. The molecule has 2 nitrogen and oxygen atoms in total. The Kier molecular flexibility index (Phi) is 5.26. The first-order valence-electron chi connectivity index (χ1n) is 3.66. The van der Waals surface area contributed by atoms with E-state index in [0.29, 0.717) is 6.42 Å². The largest absolute Gasteiger partial charge is 0.396 e. The predicted octanol–water partition coefficient (Wildman–Crippen LogP) is 0.942. The molecular weight excluding hydrogens is 128 g/mol. The summed E-state index contributed by atoms with van der Waals surface area (Å²) < 4.78 is 0. The van der Waals surface area contributed by atoms with E-state index in [1.54, 1.807) is 6.08 Å². The smallest absolute Gasteiger partial charge is 0.0624 e. The minimum Gasteiger partial charge on any atom is -0.396 e. The minimum absolute atomic E-state index is 0.0120. The average Bonchev–Trinajstić information content (AvgIpc) is 1.91. The average molecular weight is 144 g/mol. The van der Waals surface area contributed by atoms with Gasteiger partial charge < -0.3 is 10.2 Å². The van der Waals surface area contributed by atoms with Gasteiger partial charge in [-0.1, -0.05) is 13.0 Å². The maximum Gasteiger partial charge on any atom is 0.0624 e. The predicted molar refractivity (Wildman–Crippen MR) is 41.7 cm³/mol. The lowest BCUT2D eigenvalue weighted by molar-refractivity contribution is 0.0674. The van der Waals surface area contributed by atoms with Gasteiger partial charge in [0.05, 0.1) is 6.10 Å². The Bertz CT molecular complexity index is 87.3. The van der Waals surface area contributed by atoms with E-state index in [-0.39, 0.29) is 12.5 Å². The van der Waals surface area contributed by atoms with Crippen LogP contribution in [-0.2, 0) is 0 Å². The molecule has 2 N–H and O–H groups in total. The summed E-state index contributed by atoms with van der Waals surface area (Å²) in [5.41, 5.74) is 0. The normalized spacial score (nSPS) is 16.3. The lowest BCUT2D eigenvalue weighted by Crippen LogP contribution is -2.22. The molecule has 2 heteroatoms. The molecule has 2 atom stereocenters. The second kappa shape index (κ2) is 5.45. The Hall–Kier alpha value is -0.340. The monoisotopic (exact) mass is 144 g/mol. The minimum atomic E-state index is -0.424. The van der Waals surface area contributed by atoms with E-state index >= 15 is 0 Å². The zero-order chi connectivity index (χ0) is 7.98. The van der Waals surface area contributed by atoms with Gasteiger partial charge in [-0.3, -0.25) is 0 Å². The van der Waals surface area contributed by atoms with Crippen molar-refractivity contribution in [1.82, 2.24) is 0 Å². The van der Waals surface area contributed by atoms with Crippen molar-refractivity contribution in [2.75, 3.05) is 6.61 Å². The zero-order valence-electron chi connectivity index (χ0n) is 6.45. The molecule has 0 bridgehead atoms. The maximum absolute atomic E-state index is 9.28. The molecule has 0 aromatic carbocycles. The highest BCUT2D eigenvalue weighted by molar-refractivity contribution is 4.76. The molecule has 0 amide bonds. The van der Waals surface area contributed by atoms with Gasteiger partial charge in [0.1, 0.15) is 0 Å². The first-order chi connectivity index (χ1) is 4.76. The Morgan fingerprint density at radius 2 is 2.20 bits per heavy atom. The molecule has 60 valence electrons. The summed E-state index contributed by atoms with van der Waals surface area (Å²) in [6.07, 6.45) is 2.63. The number of aliphatic hydroxyl groups excluding tert-OH is 2. The molecule has 0 fully saturated rings. The van der Waals surface area contributed by atoms with Crippen molar-refractivity contribution in [2.45, 2.75) is 25.9 Å². The molecule has 0 spiro atoms. The topological polar surface area (TPSA) is 40.5 Å². The number of hydrogen-bond acceptors (Lipinski definition) is 2. The second-order valence-corrected chi connectivity index (χ2v) is 2.44. The fraction of sp³-hybridized carbons (Fsp3) is 0.750. The SMILES string of the molecule is C=CCC(O)C(CC)CO. The van der Waals surface area contributed by atoms with Gasteiger partial charge in [-0.05, 0) is 12.8 Å². The first kappa shape index (κ1) is 9.66. The molecule has 0 saturated heterocycles. The summed E-state index contributed by atoms with van der Waals surface area (Å²) in [6.45, 7) is 5.52. The van der Waals surface area contributed by atoms with E-state index in [4.69, 9.17) is 5.11 Å². The van der Waals surface area contributed by atoms with E-state index < -0.39 is 6.10 Å². The lowest BCUT2D eigenvalue weighted by atomic mass is 9.98. The van der Waals surface area contributed by atoms with Gasteiger partial charge in [0, 0.05) is 12.5 Å². The van der Waals surface area contributed by atoms with Gasteiger partial charge in [0.25, 0.3) is 0 Å². The maximum atomic E-state index is 9.28. The summed E-state index contributed by atoms with van der Waals surface area (Å²) in [6, 6.07) is 0. The van der Waals surface area contributed by atoms with Crippen molar-refractivity contribution >= 4 is 0 Å². The highest BCUT2D eigenvalue weighted by Gasteiger charge is 2.13. The van der Waals surface area contributed by atoms with E-state index in [0.717, 1.165) is 6.42 Å². The quantitative estimate of drug-likeness (QED) is 0.564. The van der Waals surface area contributed by atoms with Gasteiger partial charge in [0.15, 0.2) is 0 Å². The van der Waals surface area contributed by atoms with Crippen LogP contribution < -0.4 is 0 Å². The van der Waals surface area contributed by atoms with Crippen LogP contribution >= 0.6 is 0 Å². The van der Waals surface area contributed by atoms with Gasteiger partial charge in [-0.2, -0.15) is 0 Å². The molecule has 10 heavy (non-hydrogen) atoms. The van der Waals surface area contributed by atoms with Gasteiger partial charge >= 0.3 is 0 Å². The molecule has 0 heterocycles. The van der Waals surface area contributed by atoms with Crippen molar-refractivity contribution in [3.05, 3.63) is 12.7 Å². The molecule has 0 aliphatic heterocycles. The molecular formula is C8H16O2. The third kappa shape index (κ3) is 2.99. The van der Waals surface area contributed by atoms with Crippen molar-refractivity contribution in [3.63, 3.8) is 0 Å². The fourth-order valence-electron chi connectivity index (χ4n) is 0.886. The molecule has 0 aliphatic carbocycles. The van der Waals surface area contributed by atoms with E-state index in [2.05, 4.69) is 6.58 Å². The summed E-state index contributed by atoms with van der Waals surface area (Å²) >= 11 is 0. The summed E-state index contributed by atoms with van der Waals surface area (Å²) in [5, 5.41) is 18.0. The summed E-state index contributed by atoms with van der Waals surface area (Å²) in [7, 11) is 0. The van der Waals surface area contributed by atoms with Crippen LogP contribution in [0.25, 0.3) is 0 Å². The molecule has 0 aromatic heterocycles. The van der Waals surface area contributed by atoms with Crippen LogP contribution in [0.1, 0.15) is 19.8 Å². The van der Waals surface area contributed by atoms with Crippen LogP contribution in [0.3, 0.4) is 0 Å². The number of rotatable bonds is 5. The van der Waals surface area contributed by atoms with Gasteiger partial charge in [-0.25, -0.2) is 0 Å². The zero-order valence-corrected chi connectivity index (χ0v) is 6.45. The Balaban J connectivity index is 3.63. The molecule has 0 aromatic rings. The Labute approximate surface area is 62.2 Å². The van der Waals surface area contributed by atoms with Crippen LogP contribution in [0.15, 0.2) is 12.7 Å². The van der Waals surface area contributed by atoms with Crippen molar-refractivity contribution in [1.29, 1.82) is 0 Å². The first-order valence-corrected chi connectivity index (χ1v) is 3.66. The standard InChI is InChI=1S/C8H16O2/c1-3-5-8(10)7(4-2)6-9/h3,7-10H,1,4-6H2,2H3. The number of hydrogen-bond donors (Lipinski definition) is 2. The van der Waals surface area contributed by atoms with Crippen LogP contribution in [0.4, 0.5) is 0 Å². The Morgan fingerprint density at radius 1 is 1.60 bits per heavy atom. The van der Waals surface area contributed by atoms with Crippen LogP contribution in [0.5, 0.6) is 0 Å².